The summed E-state index contributed by atoms with van der Waals surface area (Å²) in [4.78, 5) is 26.0. The molecule has 0 saturated heterocycles. The Balaban J connectivity index is 2.33. The van der Waals surface area contributed by atoms with E-state index in [2.05, 4.69) is 0 Å². The summed E-state index contributed by atoms with van der Waals surface area (Å²) in [6, 6.07) is 11.0. The molecule has 0 aromatic heterocycles. The number of carbonyl (C=O) groups is 2. The number of rotatable bonds is 2. The van der Waals surface area contributed by atoms with Crippen molar-refractivity contribution in [2.45, 2.75) is 19.8 Å². The molecule has 2 unspecified atom stereocenters. The molecule has 2 aromatic carbocycles. The monoisotopic (exact) mass is 343 g/mol. The maximum atomic E-state index is 12.7. The number of fused-ring (bicyclic) bond motifs is 1. The lowest BCUT2D eigenvalue weighted by atomic mass is 9.75. The fraction of sp³-hybridized carbons (Fsp3) is 0.263. The molecule has 0 aliphatic carbocycles. The van der Waals surface area contributed by atoms with Gasteiger partial charge in [-0.2, -0.15) is 0 Å². The molecule has 0 bridgehead atoms. The van der Waals surface area contributed by atoms with Gasteiger partial charge in [-0.15, -0.1) is 0 Å². The van der Waals surface area contributed by atoms with E-state index in [1.54, 1.807) is 25.2 Å². The highest BCUT2D eigenvalue weighted by molar-refractivity contribution is 6.31. The first-order valence-corrected chi connectivity index (χ1v) is 8.06. The van der Waals surface area contributed by atoms with Crippen LogP contribution < -0.4 is 4.90 Å². The number of carboxylic acids is 1. The fourth-order valence-electron chi connectivity index (χ4n) is 3.33. The molecule has 2 aromatic rings. The van der Waals surface area contributed by atoms with E-state index in [4.69, 9.17) is 11.6 Å². The second-order valence-corrected chi connectivity index (χ2v) is 6.61. The predicted molar refractivity (Wildman–Crippen MR) is 93.7 cm³/mol. The van der Waals surface area contributed by atoms with Crippen LogP contribution in [0.4, 0.5) is 5.69 Å². The van der Waals surface area contributed by atoms with Gasteiger partial charge in [-0.3, -0.25) is 9.59 Å². The molecule has 0 spiro atoms. The average molecular weight is 344 g/mol. The largest absolute Gasteiger partial charge is 0.481 e. The number of halogens is 1. The number of anilines is 1. The first kappa shape index (κ1) is 16.5. The number of hydrogen-bond donors (Lipinski definition) is 1. The zero-order valence-electron chi connectivity index (χ0n) is 13.7. The molecule has 0 fully saturated rings. The summed E-state index contributed by atoms with van der Waals surface area (Å²) in [5, 5.41) is 10.2. The Morgan fingerprint density at radius 2 is 1.75 bits per heavy atom. The highest BCUT2D eigenvalue weighted by Gasteiger charge is 2.45. The van der Waals surface area contributed by atoms with Crippen LogP contribution in [0.15, 0.2) is 36.4 Å². The summed E-state index contributed by atoms with van der Waals surface area (Å²) in [6.45, 7) is 3.95. The number of aliphatic carboxylic acids is 1. The molecule has 1 N–H and O–H groups in total. The smallest absolute Gasteiger partial charge is 0.317 e. The molecule has 1 aliphatic rings. The van der Waals surface area contributed by atoms with E-state index in [-0.39, 0.29) is 0 Å². The van der Waals surface area contributed by atoms with E-state index < -0.39 is 23.7 Å². The minimum absolute atomic E-state index is 0.428. The Morgan fingerprint density at radius 3 is 2.38 bits per heavy atom. The number of carboxylic acid groups (broad SMARTS) is 1. The number of hydrogen-bond acceptors (Lipinski definition) is 2. The van der Waals surface area contributed by atoms with E-state index in [1.807, 2.05) is 32.0 Å². The van der Waals surface area contributed by atoms with Crippen LogP contribution in [0, 0.1) is 19.8 Å². The van der Waals surface area contributed by atoms with Crippen LogP contribution in [0.3, 0.4) is 0 Å². The number of amides is 1. The fourth-order valence-corrected chi connectivity index (χ4v) is 3.59. The van der Waals surface area contributed by atoms with Crippen molar-refractivity contribution in [2.75, 3.05) is 11.9 Å². The molecule has 5 heteroatoms. The van der Waals surface area contributed by atoms with Crippen molar-refractivity contribution < 1.29 is 14.7 Å². The van der Waals surface area contributed by atoms with Gasteiger partial charge < -0.3 is 10.0 Å². The SMILES string of the molecule is Cc1cc2c(cc1C)N(C)C(=O)C(C(=O)O)C2c1ccccc1Cl. The van der Waals surface area contributed by atoms with Crippen molar-refractivity contribution in [2.24, 2.45) is 5.92 Å². The van der Waals surface area contributed by atoms with Gasteiger partial charge in [0.2, 0.25) is 5.91 Å². The molecule has 0 saturated carbocycles. The maximum Gasteiger partial charge on any atom is 0.317 e. The predicted octanol–water partition coefficient (Wildman–Crippen LogP) is 3.77. The third-order valence-electron chi connectivity index (χ3n) is 4.78. The zero-order chi connectivity index (χ0) is 17.6. The van der Waals surface area contributed by atoms with Gasteiger partial charge in [0, 0.05) is 23.7 Å². The molecule has 0 radical (unpaired) electrons. The van der Waals surface area contributed by atoms with E-state index in [0.29, 0.717) is 10.6 Å². The lowest BCUT2D eigenvalue weighted by Crippen LogP contribution is -2.45. The summed E-state index contributed by atoms with van der Waals surface area (Å²) in [5.74, 6) is -3.36. The van der Waals surface area contributed by atoms with Crippen LogP contribution in [-0.4, -0.2) is 24.0 Å². The summed E-state index contributed by atoms with van der Waals surface area (Å²) in [5.41, 5.74) is 4.33. The number of benzene rings is 2. The number of nitrogens with zero attached hydrogens (tertiary/aromatic N) is 1. The third kappa shape index (κ3) is 2.47. The van der Waals surface area contributed by atoms with E-state index in [9.17, 15) is 14.7 Å². The maximum absolute atomic E-state index is 12.7. The van der Waals surface area contributed by atoms with Crippen molar-refractivity contribution in [3.05, 3.63) is 63.7 Å². The van der Waals surface area contributed by atoms with Gasteiger partial charge in [0.25, 0.3) is 0 Å². The first-order chi connectivity index (χ1) is 11.3. The van der Waals surface area contributed by atoms with Crippen LogP contribution in [0.1, 0.15) is 28.2 Å². The third-order valence-corrected chi connectivity index (χ3v) is 5.12. The summed E-state index contributed by atoms with van der Waals surface area (Å²) in [6.07, 6.45) is 0. The van der Waals surface area contributed by atoms with Crippen LogP contribution >= 0.6 is 11.6 Å². The highest BCUT2D eigenvalue weighted by Crippen LogP contribution is 2.45. The van der Waals surface area contributed by atoms with Crippen LogP contribution in [0.5, 0.6) is 0 Å². The summed E-state index contributed by atoms with van der Waals surface area (Å²) < 4.78 is 0. The van der Waals surface area contributed by atoms with Gasteiger partial charge in [-0.05, 0) is 48.2 Å². The second-order valence-electron chi connectivity index (χ2n) is 6.21. The van der Waals surface area contributed by atoms with Gasteiger partial charge in [0.15, 0.2) is 0 Å². The highest BCUT2D eigenvalue weighted by atomic mass is 35.5. The zero-order valence-corrected chi connectivity index (χ0v) is 14.5. The van der Waals surface area contributed by atoms with E-state index in [0.717, 1.165) is 22.4 Å². The molecule has 3 rings (SSSR count). The van der Waals surface area contributed by atoms with Gasteiger partial charge in [-0.25, -0.2) is 0 Å². The summed E-state index contributed by atoms with van der Waals surface area (Å²) >= 11 is 6.33. The van der Waals surface area contributed by atoms with Crippen molar-refractivity contribution in [1.82, 2.24) is 0 Å². The van der Waals surface area contributed by atoms with Gasteiger partial charge in [-0.1, -0.05) is 35.9 Å². The van der Waals surface area contributed by atoms with Crippen molar-refractivity contribution in [3.63, 3.8) is 0 Å². The Bertz CT molecular complexity index is 847. The molecule has 2 atom stereocenters. The molecule has 124 valence electrons. The molecule has 4 nitrogen and oxygen atoms in total. The van der Waals surface area contributed by atoms with Gasteiger partial charge in [0.05, 0.1) is 0 Å². The first-order valence-electron chi connectivity index (χ1n) is 7.69. The molecule has 1 amide bonds. The Kier molecular flexibility index (Phi) is 4.10. The minimum atomic E-state index is -1.19. The van der Waals surface area contributed by atoms with Crippen molar-refractivity contribution in [3.8, 4) is 0 Å². The molecular weight excluding hydrogens is 326 g/mol. The minimum Gasteiger partial charge on any atom is -0.481 e. The number of aryl methyl sites for hydroxylation is 2. The lowest BCUT2D eigenvalue weighted by Gasteiger charge is -2.37. The van der Waals surface area contributed by atoms with Crippen LogP contribution in [0.25, 0.3) is 0 Å². The molecular formula is C19H18ClNO3. The average Bonchev–Trinajstić information content (AvgIpc) is 2.53. The number of carbonyl (C=O) groups excluding carboxylic acids is 1. The van der Waals surface area contributed by atoms with Crippen LogP contribution in [-0.2, 0) is 9.59 Å². The lowest BCUT2D eigenvalue weighted by molar-refractivity contribution is -0.147. The van der Waals surface area contributed by atoms with Gasteiger partial charge in [0.1, 0.15) is 5.92 Å². The van der Waals surface area contributed by atoms with Gasteiger partial charge >= 0.3 is 5.97 Å². The standard InChI is InChI=1S/C19H18ClNO3/c1-10-8-13-15(9-11(10)2)21(3)18(22)17(19(23)24)16(13)12-6-4-5-7-14(12)20/h4-9,16-17H,1-3H3,(H,23,24). The van der Waals surface area contributed by atoms with Crippen molar-refractivity contribution >= 4 is 29.2 Å². The van der Waals surface area contributed by atoms with E-state index >= 15 is 0 Å². The molecule has 1 heterocycles. The molecule has 24 heavy (non-hydrogen) atoms. The Hall–Kier alpha value is -2.33. The Morgan fingerprint density at radius 1 is 1.12 bits per heavy atom. The Labute approximate surface area is 145 Å². The molecule has 1 aliphatic heterocycles. The second kappa shape index (κ2) is 5.95. The topological polar surface area (TPSA) is 57.6 Å². The van der Waals surface area contributed by atoms with Crippen molar-refractivity contribution in [1.29, 1.82) is 0 Å². The van der Waals surface area contributed by atoms with E-state index in [1.165, 1.54) is 4.90 Å². The quantitative estimate of drug-likeness (QED) is 0.844. The summed E-state index contributed by atoms with van der Waals surface area (Å²) in [7, 11) is 1.62. The van der Waals surface area contributed by atoms with Crippen LogP contribution in [0.2, 0.25) is 5.02 Å². The normalized spacial score (nSPS) is 20.0.